The molecule has 3 heterocycles. The first-order chi connectivity index (χ1) is 14.4. The number of amides is 1. The molecule has 0 bridgehead atoms. The third-order valence-corrected chi connectivity index (χ3v) is 5.30. The van der Waals surface area contributed by atoms with Gasteiger partial charge in [0.2, 0.25) is 0 Å². The molecule has 3 rings (SSSR count). The van der Waals surface area contributed by atoms with Crippen LogP contribution in [0.15, 0.2) is 25.3 Å². The zero-order valence-electron chi connectivity index (χ0n) is 18.5. The summed E-state index contributed by atoms with van der Waals surface area (Å²) in [6.45, 7) is 7.95. The number of nitrogens with one attached hydrogen (secondary N) is 2. The summed E-state index contributed by atoms with van der Waals surface area (Å²) < 4.78 is 27.2. The second kappa shape index (κ2) is 8.17. The Morgan fingerprint density at radius 3 is 2.45 bits per heavy atom. The van der Waals surface area contributed by atoms with Crippen LogP contribution in [0.4, 0.5) is 5.82 Å². The van der Waals surface area contributed by atoms with E-state index in [-0.39, 0.29) is 40.4 Å². The summed E-state index contributed by atoms with van der Waals surface area (Å²) in [5.74, 6) is 1.09. The first kappa shape index (κ1) is 22.5. The van der Waals surface area contributed by atoms with E-state index in [0.29, 0.717) is 5.76 Å². The maximum absolute atomic E-state index is 12.3. The molecule has 0 fully saturated rings. The molecule has 1 aliphatic heterocycles. The molecule has 1 aliphatic rings. The van der Waals surface area contributed by atoms with Crippen LogP contribution in [0.1, 0.15) is 48.8 Å². The fourth-order valence-corrected chi connectivity index (χ4v) is 3.68. The summed E-state index contributed by atoms with van der Waals surface area (Å²) in [6, 6.07) is 3.44. The van der Waals surface area contributed by atoms with E-state index < -0.39 is 17.1 Å². The van der Waals surface area contributed by atoms with Crippen molar-refractivity contribution in [2.24, 2.45) is 21.3 Å². The van der Waals surface area contributed by atoms with Crippen LogP contribution in [0.3, 0.4) is 0 Å². The minimum absolute atomic E-state index is 0.000928. The van der Waals surface area contributed by atoms with Gasteiger partial charge in [-0.1, -0.05) is 20.8 Å². The molecule has 1 amide bonds. The van der Waals surface area contributed by atoms with Crippen molar-refractivity contribution in [3.05, 3.63) is 29.3 Å². The van der Waals surface area contributed by atoms with E-state index in [1.807, 2.05) is 39.8 Å². The van der Waals surface area contributed by atoms with Crippen molar-refractivity contribution in [1.82, 2.24) is 20.0 Å². The topological polar surface area (TPSA) is 137 Å². The first-order valence-electron chi connectivity index (χ1n) is 9.55. The maximum Gasteiger partial charge on any atom is 0.275 e. The Morgan fingerprint density at radius 2 is 1.90 bits per heavy atom. The fourth-order valence-electron chi connectivity index (χ4n) is 3.06. The first-order valence-corrected chi connectivity index (χ1v) is 10.6. The molecule has 2 atom stereocenters. The Hall–Kier alpha value is -3.15. The van der Waals surface area contributed by atoms with Crippen LogP contribution in [0, 0.1) is 12.3 Å². The molecule has 12 heteroatoms. The number of hydrogen-bond acceptors (Lipinski definition) is 7. The normalized spacial score (nSPS) is 17.2. The number of anilines is 1. The molecule has 0 saturated carbocycles. The van der Waals surface area contributed by atoms with Gasteiger partial charge in [0.1, 0.15) is 11.5 Å². The maximum atomic E-state index is 12.3. The minimum atomic E-state index is -1.84. The van der Waals surface area contributed by atoms with Gasteiger partial charge in [-0.05, 0) is 24.5 Å². The molecule has 0 spiro atoms. The Balaban J connectivity index is 1.89. The van der Waals surface area contributed by atoms with Gasteiger partial charge in [0.25, 0.3) is 17.1 Å². The van der Waals surface area contributed by atoms with Gasteiger partial charge in [0.05, 0.1) is 6.04 Å². The highest BCUT2D eigenvalue weighted by atomic mass is 32.2. The van der Waals surface area contributed by atoms with Gasteiger partial charge in [0.15, 0.2) is 28.9 Å². The number of amidine groups is 2. The number of hydrogen-bond donors (Lipinski definition) is 3. The largest absolute Gasteiger partial charge is 0.503 e. The minimum Gasteiger partial charge on any atom is -0.503 e. The number of carbonyl (C=O) groups excluding carboxylic acids is 1. The molecule has 3 N–H and O–H groups in total. The van der Waals surface area contributed by atoms with Crippen LogP contribution in [-0.2, 0) is 18.2 Å². The SMILES string of the molecule is Cc1ccc([C@H](NC2=NS(=O)N=C2Nc2nn(C)c(C(=O)N(C)C)c2O)C(C)(C)C)o1. The quantitative estimate of drug-likeness (QED) is 0.648. The second-order valence-electron chi connectivity index (χ2n) is 8.50. The Bertz CT molecular complexity index is 1090. The monoisotopic (exact) mass is 449 g/mol. The number of aryl methyl sites for hydroxylation is 2. The molecule has 11 nitrogen and oxygen atoms in total. The van der Waals surface area contributed by atoms with Crippen LogP contribution >= 0.6 is 0 Å². The van der Waals surface area contributed by atoms with Crippen molar-refractivity contribution < 1.29 is 18.5 Å². The predicted octanol–water partition coefficient (Wildman–Crippen LogP) is 1.91. The molecule has 0 saturated heterocycles. The summed E-state index contributed by atoms with van der Waals surface area (Å²) in [6.07, 6.45) is 0. The molecule has 0 radical (unpaired) electrons. The Labute approximate surface area is 183 Å². The highest BCUT2D eigenvalue weighted by Gasteiger charge is 2.33. The van der Waals surface area contributed by atoms with Crippen LogP contribution < -0.4 is 10.6 Å². The number of furan rings is 1. The molecule has 0 aliphatic carbocycles. The van der Waals surface area contributed by atoms with Crippen molar-refractivity contribution in [2.45, 2.75) is 33.7 Å². The zero-order chi connectivity index (χ0) is 23.1. The molecular formula is C19H27N7O4S. The second-order valence-corrected chi connectivity index (χ2v) is 9.32. The third kappa shape index (κ3) is 4.63. The van der Waals surface area contributed by atoms with E-state index in [1.54, 1.807) is 21.1 Å². The number of rotatable bonds is 4. The number of carbonyl (C=O) groups is 1. The molecule has 2 aromatic rings. The zero-order valence-corrected chi connectivity index (χ0v) is 19.4. The van der Waals surface area contributed by atoms with Gasteiger partial charge in [-0.15, -0.1) is 8.80 Å². The lowest BCUT2D eigenvalue weighted by Gasteiger charge is -2.30. The van der Waals surface area contributed by atoms with Crippen LogP contribution in [0.2, 0.25) is 0 Å². The Morgan fingerprint density at radius 1 is 1.26 bits per heavy atom. The molecule has 2 aromatic heterocycles. The van der Waals surface area contributed by atoms with E-state index in [9.17, 15) is 14.1 Å². The molecule has 1 unspecified atom stereocenters. The highest BCUT2D eigenvalue weighted by molar-refractivity contribution is 7.83. The van der Waals surface area contributed by atoms with Crippen LogP contribution in [-0.4, -0.2) is 55.7 Å². The van der Waals surface area contributed by atoms with Crippen LogP contribution in [0.5, 0.6) is 5.75 Å². The standard InChI is InChI=1S/C19H27N7O4S/c1-10-8-9-11(30-10)14(19(2,3)4)20-16-17(24-31(29)23-16)21-15-13(27)12(26(7)22-15)18(28)25(5)6/h8-9,14,27H,1-7H3,(H,20,23)(H,21,22,24)/t14-,31?/m0/s1. The molecule has 168 valence electrons. The van der Waals surface area contributed by atoms with Gasteiger partial charge >= 0.3 is 0 Å². The van der Waals surface area contributed by atoms with E-state index in [1.165, 1.54) is 9.58 Å². The fraction of sp³-hybridized carbons (Fsp3) is 0.474. The summed E-state index contributed by atoms with van der Waals surface area (Å²) in [4.78, 5) is 13.6. The number of nitrogens with zero attached hydrogens (tertiary/aromatic N) is 5. The van der Waals surface area contributed by atoms with E-state index in [0.717, 1.165) is 5.76 Å². The van der Waals surface area contributed by atoms with E-state index >= 15 is 0 Å². The highest BCUT2D eigenvalue weighted by Crippen LogP contribution is 2.34. The van der Waals surface area contributed by atoms with Gasteiger partial charge in [-0.25, -0.2) is 4.21 Å². The predicted molar refractivity (Wildman–Crippen MR) is 118 cm³/mol. The lowest BCUT2D eigenvalue weighted by atomic mass is 9.85. The van der Waals surface area contributed by atoms with Gasteiger partial charge in [-0.2, -0.15) is 5.10 Å². The van der Waals surface area contributed by atoms with Crippen LogP contribution in [0.25, 0.3) is 0 Å². The van der Waals surface area contributed by atoms with Gasteiger partial charge in [0, 0.05) is 21.1 Å². The third-order valence-electron chi connectivity index (χ3n) is 4.62. The number of aromatic hydroxyl groups is 1. The molecule has 31 heavy (non-hydrogen) atoms. The summed E-state index contributed by atoms with van der Waals surface area (Å²) in [7, 11) is 4.69. The lowest BCUT2D eigenvalue weighted by Crippen LogP contribution is -2.41. The van der Waals surface area contributed by atoms with Crippen molar-refractivity contribution in [1.29, 1.82) is 0 Å². The summed E-state index contributed by atoms with van der Waals surface area (Å²) >= 11 is -1.84. The van der Waals surface area contributed by atoms with Crippen molar-refractivity contribution in [2.75, 3.05) is 19.4 Å². The smallest absolute Gasteiger partial charge is 0.275 e. The van der Waals surface area contributed by atoms with Crippen molar-refractivity contribution >= 4 is 34.6 Å². The molecular weight excluding hydrogens is 422 g/mol. The van der Waals surface area contributed by atoms with Gasteiger partial charge < -0.3 is 25.1 Å². The summed E-state index contributed by atoms with van der Waals surface area (Å²) in [5.41, 5.74) is -0.266. The number of aromatic nitrogens is 2. The lowest BCUT2D eigenvalue weighted by molar-refractivity contribution is 0.0814. The van der Waals surface area contributed by atoms with E-state index in [2.05, 4.69) is 24.5 Å². The summed E-state index contributed by atoms with van der Waals surface area (Å²) in [5, 5.41) is 20.8. The average molecular weight is 450 g/mol. The molecule has 0 aromatic carbocycles. The van der Waals surface area contributed by atoms with E-state index in [4.69, 9.17) is 4.42 Å². The van der Waals surface area contributed by atoms with Crippen molar-refractivity contribution in [3.63, 3.8) is 0 Å². The Kier molecular flexibility index (Phi) is 5.94. The van der Waals surface area contributed by atoms with Crippen molar-refractivity contribution in [3.8, 4) is 5.75 Å². The van der Waals surface area contributed by atoms with Gasteiger partial charge in [-0.3, -0.25) is 9.48 Å². The average Bonchev–Trinajstić information content (AvgIpc) is 3.30.